The van der Waals surface area contributed by atoms with Gasteiger partial charge in [0, 0.05) is 12.5 Å². The number of rotatable bonds is 6. The van der Waals surface area contributed by atoms with E-state index in [2.05, 4.69) is 30.8 Å². The average Bonchev–Trinajstić information content (AvgIpc) is 3.02. The van der Waals surface area contributed by atoms with E-state index in [0.717, 1.165) is 11.1 Å². The maximum absolute atomic E-state index is 12.9. The number of carbonyl (C=O) groups excluding carboxylic acids is 2. The summed E-state index contributed by atoms with van der Waals surface area (Å²) in [5, 5.41) is 0. The highest BCUT2D eigenvalue weighted by Gasteiger charge is 2.33. The first-order chi connectivity index (χ1) is 14.2. The Labute approximate surface area is 178 Å². The lowest BCUT2D eigenvalue weighted by molar-refractivity contribution is -0.160. The number of carbonyl (C=O) groups is 2. The van der Waals surface area contributed by atoms with Crippen LogP contribution in [-0.2, 0) is 14.3 Å². The van der Waals surface area contributed by atoms with Crippen LogP contribution < -0.4 is 0 Å². The fraction of sp³-hybridized carbons (Fsp3) is 0.360. The highest BCUT2D eigenvalue weighted by Crippen LogP contribution is 2.44. The summed E-state index contributed by atoms with van der Waals surface area (Å²) in [5.74, 6) is -0.512. The topological polar surface area (TPSA) is 55.8 Å². The van der Waals surface area contributed by atoms with Gasteiger partial charge in [0.25, 0.3) is 0 Å². The zero-order valence-corrected chi connectivity index (χ0v) is 18.1. The van der Waals surface area contributed by atoms with E-state index in [0.29, 0.717) is 0 Å². The number of amides is 1. The van der Waals surface area contributed by atoms with Gasteiger partial charge in [-0.1, -0.05) is 54.6 Å². The van der Waals surface area contributed by atoms with E-state index in [-0.39, 0.29) is 19.1 Å². The first-order valence-electron chi connectivity index (χ1n) is 10.2. The van der Waals surface area contributed by atoms with Crippen molar-refractivity contribution >= 4 is 12.1 Å². The molecule has 0 unspecified atom stereocenters. The van der Waals surface area contributed by atoms with E-state index in [1.807, 2.05) is 24.3 Å². The molecule has 0 radical (unpaired) electrons. The number of benzene rings is 2. The molecule has 0 bridgehead atoms. The van der Waals surface area contributed by atoms with Gasteiger partial charge in [-0.15, -0.1) is 6.58 Å². The molecule has 1 amide bonds. The van der Waals surface area contributed by atoms with Crippen LogP contribution in [-0.4, -0.2) is 41.8 Å². The quantitative estimate of drug-likeness (QED) is 0.491. The maximum atomic E-state index is 12.9. The van der Waals surface area contributed by atoms with Crippen molar-refractivity contribution < 1.29 is 19.1 Å². The zero-order valence-electron chi connectivity index (χ0n) is 18.1. The molecule has 1 aliphatic carbocycles. The van der Waals surface area contributed by atoms with Crippen LogP contribution in [0, 0.1) is 0 Å². The van der Waals surface area contributed by atoms with E-state index >= 15 is 0 Å². The normalized spacial score (nSPS) is 13.7. The minimum Gasteiger partial charge on any atom is -0.458 e. The Bertz CT molecular complexity index is 899. The minimum atomic E-state index is -0.780. The summed E-state index contributed by atoms with van der Waals surface area (Å²) in [4.78, 5) is 26.7. The van der Waals surface area contributed by atoms with Gasteiger partial charge in [-0.25, -0.2) is 9.59 Å². The smallest absolute Gasteiger partial charge is 0.410 e. The number of nitrogens with zero attached hydrogens (tertiary/aromatic N) is 1. The van der Waals surface area contributed by atoms with Gasteiger partial charge in [-0.05, 0) is 49.9 Å². The molecule has 0 saturated carbocycles. The molecule has 3 rings (SSSR count). The third kappa shape index (κ3) is 4.56. The maximum Gasteiger partial charge on any atom is 0.410 e. The zero-order chi connectivity index (χ0) is 21.9. The molecule has 0 aliphatic heterocycles. The molecule has 158 valence electrons. The standard InChI is InChI=1S/C25H29NO4/c1-6-15-26(17(2)23(27)30-25(3,4)5)24(28)29-16-22-20-13-9-7-11-18(20)19-12-8-10-14-21(19)22/h6-14,17,22H,1,15-16H2,2-5H3/t17-/m0/s1. The molecule has 1 aliphatic rings. The molecule has 0 spiro atoms. The Hall–Kier alpha value is -3.08. The van der Waals surface area contributed by atoms with Crippen molar-refractivity contribution in [2.75, 3.05) is 13.2 Å². The van der Waals surface area contributed by atoms with Crippen molar-refractivity contribution in [2.45, 2.75) is 45.3 Å². The van der Waals surface area contributed by atoms with Crippen molar-refractivity contribution in [1.82, 2.24) is 4.90 Å². The molecule has 0 saturated heterocycles. The van der Waals surface area contributed by atoms with Gasteiger partial charge < -0.3 is 9.47 Å². The lowest BCUT2D eigenvalue weighted by Crippen LogP contribution is -2.46. The van der Waals surface area contributed by atoms with Crippen LogP contribution in [0.5, 0.6) is 0 Å². The molecule has 0 heterocycles. The van der Waals surface area contributed by atoms with Crippen molar-refractivity contribution in [3.05, 3.63) is 72.3 Å². The fourth-order valence-corrected chi connectivity index (χ4v) is 3.72. The SMILES string of the molecule is C=CCN(C(=O)OCC1c2ccccc2-c2ccccc21)[C@@H](C)C(=O)OC(C)(C)C. The number of fused-ring (bicyclic) bond motifs is 3. The van der Waals surface area contributed by atoms with Gasteiger partial charge in [0.05, 0.1) is 0 Å². The average molecular weight is 408 g/mol. The molecule has 5 heteroatoms. The number of esters is 1. The molecule has 5 nitrogen and oxygen atoms in total. The fourth-order valence-electron chi connectivity index (χ4n) is 3.72. The van der Waals surface area contributed by atoms with Gasteiger partial charge in [0.1, 0.15) is 18.2 Å². The van der Waals surface area contributed by atoms with Crippen molar-refractivity contribution in [2.24, 2.45) is 0 Å². The second-order valence-electron chi connectivity index (χ2n) is 8.45. The summed E-state index contributed by atoms with van der Waals surface area (Å²) in [6.07, 6.45) is 1.01. The number of ether oxygens (including phenoxy) is 2. The molecular weight excluding hydrogens is 378 g/mol. The van der Waals surface area contributed by atoms with E-state index in [1.165, 1.54) is 16.0 Å². The van der Waals surface area contributed by atoms with Gasteiger partial charge in [0.15, 0.2) is 0 Å². The Morgan fingerprint density at radius 3 is 2.10 bits per heavy atom. The van der Waals surface area contributed by atoms with Gasteiger partial charge in [0.2, 0.25) is 0 Å². The number of hydrogen-bond acceptors (Lipinski definition) is 4. The molecule has 1 atom stereocenters. The first kappa shape index (κ1) is 21.6. The molecule has 0 N–H and O–H groups in total. The monoisotopic (exact) mass is 407 g/mol. The Morgan fingerprint density at radius 2 is 1.60 bits per heavy atom. The molecular formula is C25H29NO4. The Balaban J connectivity index is 1.75. The third-order valence-corrected chi connectivity index (χ3v) is 5.11. The van der Waals surface area contributed by atoms with Crippen LogP contribution in [0.25, 0.3) is 11.1 Å². The summed E-state index contributed by atoms with van der Waals surface area (Å²) in [6.45, 7) is 11.1. The van der Waals surface area contributed by atoms with E-state index < -0.39 is 23.7 Å². The third-order valence-electron chi connectivity index (χ3n) is 5.11. The highest BCUT2D eigenvalue weighted by molar-refractivity contribution is 5.82. The van der Waals surface area contributed by atoms with Crippen molar-refractivity contribution in [3.8, 4) is 11.1 Å². The van der Waals surface area contributed by atoms with Crippen LogP contribution in [0.1, 0.15) is 44.7 Å². The van der Waals surface area contributed by atoms with Crippen LogP contribution >= 0.6 is 0 Å². The highest BCUT2D eigenvalue weighted by atomic mass is 16.6. The molecule has 2 aromatic rings. The van der Waals surface area contributed by atoms with Crippen molar-refractivity contribution in [3.63, 3.8) is 0 Å². The molecule has 0 fully saturated rings. The summed E-state index contributed by atoms with van der Waals surface area (Å²) < 4.78 is 11.1. The second kappa shape index (κ2) is 8.74. The predicted octanol–water partition coefficient (Wildman–Crippen LogP) is 5.15. The summed E-state index contributed by atoms with van der Waals surface area (Å²) >= 11 is 0. The van der Waals surface area contributed by atoms with Crippen LogP contribution in [0.3, 0.4) is 0 Å². The van der Waals surface area contributed by atoms with Gasteiger partial charge in [-0.3, -0.25) is 4.90 Å². The summed E-state index contributed by atoms with van der Waals surface area (Å²) in [5.41, 5.74) is 3.98. The van der Waals surface area contributed by atoms with E-state index in [9.17, 15) is 9.59 Å². The van der Waals surface area contributed by atoms with Crippen LogP contribution in [0.15, 0.2) is 61.2 Å². The number of hydrogen-bond donors (Lipinski definition) is 0. The predicted molar refractivity (Wildman–Crippen MR) is 117 cm³/mol. The first-order valence-corrected chi connectivity index (χ1v) is 10.2. The molecule has 30 heavy (non-hydrogen) atoms. The van der Waals surface area contributed by atoms with E-state index in [4.69, 9.17) is 9.47 Å². The molecule has 2 aromatic carbocycles. The Kier molecular flexibility index (Phi) is 6.30. The van der Waals surface area contributed by atoms with E-state index in [1.54, 1.807) is 33.8 Å². The second-order valence-corrected chi connectivity index (χ2v) is 8.45. The summed E-state index contributed by atoms with van der Waals surface area (Å²) in [6, 6.07) is 15.5. The lowest BCUT2D eigenvalue weighted by Gasteiger charge is -2.29. The van der Waals surface area contributed by atoms with Crippen molar-refractivity contribution in [1.29, 1.82) is 0 Å². The Morgan fingerprint density at radius 1 is 1.07 bits per heavy atom. The largest absolute Gasteiger partial charge is 0.458 e. The summed E-state index contributed by atoms with van der Waals surface area (Å²) in [7, 11) is 0. The van der Waals surface area contributed by atoms with Gasteiger partial charge >= 0.3 is 12.1 Å². The molecule has 0 aromatic heterocycles. The lowest BCUT2D eigenvalue weighted by atomic mass is 9.98. The van der Waals surface area contributed by atoms with Crippen LogP contribution in [0.4, 0.5) is 4.79 Å². The van der Waals surface area contributed by atoms with Crippen LogP contribution in [0.2, 0.25) is 0 Å². The minimum absolute atomic E-state index is 0.0382. The van der Waals surface area contributed by atoms with Gasteiger partial charge in [-0.2, -0.15) is 0 Å².